The fourth-order valence-corrected chi connectivity index (χ4v) is 6.35. The fraction of sp³-hybridized carbons (Fsp3) is 0.255. The standard InChI is InChI=1S/C25H26ClFN4O2.C20H15ClFN3O2.C5H13NO.CH4/c1-14(2)18-12-29-22(17-9-16(26)5-6-20(17)27)10-23(18)30-21-7-8-28-11-19(21)25(33)31-24(13-32)15(3)4;1-11(2)14-10-24-18(13-7-12(21)3-4-16(13)22)8-19(14)25-17-5-6-23-9-15(17)20(26)27;1-4(2)5(6)3-7;/h5-12,15,24,32H,1,13H2,2-4H3,(H,31,33)(H,28,29,30);3-10H,1H2,2H3,(H,26,27)(H,23,24,25);4-5,7H,3,6H2,1-2H3;1H4/t24-;;5-;/m1.1./s1. The number of aliphatic hydroxyl groups is 2. The van der Waals surface area contributed by atoms with Gasteiger partial charge in [-0.2, -0.15) is 0 Å². The van der Waals surface area contributed by atoms with Gasteiger partial charge < -0.3 is 37.0 Å². The molecule has 0 unspecified atom stereocenters. The molecule has 0 aliphatic carbocycles. The van der Waals surface area contributed by atoms with E-state index in [1.807, 2.05) is 34.6 Å². The number of anilines is 4. The predicted molar refractivity (Wildman–Crippen MR) is 271 cm³/mol. The molecule has 1 amide bonds. The molecule has 360 valence electrons. The summed E-state index contributed by atoms with van der Waals surface area (Å²) in [4.78, 5) is 40.9. The molecule has 0 aliphatic rings. The first-order valence-electron chi connectivity index (χ1n) is 20.9. The number of nitrogens with one attached hydrogen (secondary N) is 3. The van der Waals surface area contributed by atoms with Gasteiger partial charge in [0.2, 0.25) is 0 Å². The summed E-state index contributed by atoms with van der Waals surface area (Å²) in [6, 6.07) is 14.6. The van der Waals surface area contributed by atoms with Gasteiger partial charge in [0.1, 0.15) is 17.2 Å². The lowest BCUT2D eigenvalue weighted by Crippen LogP contribution is -2.41. The molecule has 17 heteroatoms. The van der Waals surface area contributed by atoms with Gasteiger partial charge in [-0.15, -0.1) is 0 Å². The van der Waals surface area contributed by atoms with Gasteiger partial charge in [-0.1, -0.05) is 71.5 Å². The zero-order chi connectivity index (χ0) is 49.5. The first-order chi connectivity index (χ1) is 31.7. The number of aromatic nitrogens is 4. The molecule has 2 aromatic carbocycles. The maximum atomic E-state index is 14.4. The number of rotatable bonds is 15. The number of allylic oxidation sites excluding steroid dienone is 2. The number of carboxylic acid groups (broad SMARTS) is 1. The van der Waals surface area contributed by atoms with E-state index >= 15 is 0 Å². The van der Waals surface area contributed by atoms with Crippen molar-refractivity contribution in [3.8, 4) is 22.5 Å². The Morgan fingerprint density at radius 3 is 1.47 bits per heavy atom. The lowest BCUT2D eigenvalue weighted by atomic mass is 10.0. The zero-order valence-corrected chi connectivity index (χ0v) is 39.4. The number of hydrogen-bond acceptors (Lipinski definition) is 11. The van der Waals surface area contributed by atoms with E-state index in [0.29, 0.717) is 72.4 Å². The normalized spacial score (nSPS) is 11.5. The Bertz CT molecular complexity index is 2720. The van der Waals surface area contributed by atoms with Crippen LogP contribution < -0.4 is 21.7 Å². The predicted octanol–water partition coefficient (Wildman–Crippen LogP) is 11.5. The SMILES string of the molecule is C.C=C(C)c1cnc(-c2cc(Cl)ccc2F)cc1Nc1ccncc1C(=O)N[C@H](CO)C(C)C.C=C(C)c1cnc(-c2cc(Cl)ccc2F)cc1Nc1ccncc1C(=O)O.CC(C)[C@H](N)CO. The summed E-state index contributed by atoms with van der Waals surface area (Å²) in [5.74, 6) is -1.95. The van der Waals surface area contributed by atoms with Gasteiger partial charge in [-0.05, 0) is 97.5 Å². The summed E-state index contributed by atoms with van der Waals surface area (Å²) in [5, 5.41) is 37.2. The average molecular weight is 972 g/mol. The van der Waals surface area contributed by atoms with Crippen LogP contribution in [0.25, 0.3) is 33.7 Å². The molecule has 0 fully saturated rings. The van der Waals surface area contributed by atoms with E-state index in [4.69, 9.17) is 34.0 Å². The monoisotopic (exact) mass is 970 g/mol. The number of nitrogens with two attached hydrogens (primary N) is 1. The van der Waals surface area contributed by atoms with Crippen molar-refractivity contribution in [3.05, 3.63) is 155 Å². The van der Waals surface area contributed by atoms with Crippen molar-refractivity contribution >= 4 is 69.0 Å². The van der Waals surface area contributed by atoms with Crippen LogP contribution in [0.15, 0.2) is 111 Å². The molecule has 6 rings (SSSR count). The Morgan fingerprint density at radius 2 is 1.10 bits per heavy atom. The second-order valence-electron chi connectivity index (χ2n) is 16.0. The summed E-state index contributed by atoms with van der Waals surface area (Å²) >= 11 is 12.0. The minimum Gasteiger partial charge on any atom is -0.478 e. The molecule has 0 bridgehead atoms. The second-order valence-corrected chi connectivity index (χ2v) is 16.9. The van der Waals surface area contributed by atoms with Gasteiger partial charge >= 0.3 is 5.97 Å². The fourth-order valence-electron chi connectivity index (χ4n) is 6.01. The number of benzene rings is 2. The van der Waals surface area contributed by atoms with E-state index in [1.165, 1.54) is 55.0 Å². The molecular weight excluding hydrogens is 914 g/mol. The van der Waals surface area contributed by atoms with E-state index in [0.717, 1.165) is 5.57 Å². The second kappa shape index (κ2) is 26.1. The smallest absolute Gasteiger partial charge is 0.339 e. The van der Waals surface area contributed by atoms with Crippen molar-refractivity contribution in [2.75, 3.05) is 23.8 Å². The van der Waals surface area contributed by atoms with Crippen LogP contribution in [0.2, 0.25) is 10.0 Å². The topological polar surface area (TPSA) is 208 Å². The van der Waals surface area contributed by atoms with E-state index in [1.54, 1.807) is 49.8 Å². The number of hydrogen-bond donors (Lipinski definition) is 7. The zero-order valence-electron chi connectivity index (χ0n) is 37.9. The molecule has 0 aliphatic heterocycles. The number of aliphatic hydroxyl groups excluding tert-OH is 2. The molecule has 0 spiro atoms. The first kappa shape index (κ1) is 55.7. The van der Waals surface area contributed by atoms with Crippen molar-refractivity contribution in [1.82, 2.24) is 25.3 Å². The summed E-state index contributed by atoms with van der Waals surface area (Å²) in [7, 11) is 0. The van der Waals surface area contributed by atoms with Crippen molar-refractivity contribution in [2.24, 2.45) is 17.6 Å². The van der Waals surface area contributed by atoms with E-state index in [9.17, 15) is 28.6 Å². The van der Waals surface area contributed by atoms with Gasteiger partial charge in [-0.25, -0.2) is 13.6 Å². The van der Waals surface area contributed by atoms with Crippen LogP contribution in [0.5, 0.6) is 0 Å². The molecule has 2 atom stereocenters. The summed E-state index contributed by atoms with van der Waals surface area (Å²) in [6.45, 7) is 19.3. The molecule has 13 nitrogen and oxygen atoms in total. The summed E-state index contributed by atoms with van der Waals surface area (Å²) < 4.78 is 28.7. The van der Waals surface area contributed by atoms with Crippen molar-refractivity contribution < 1.29 is 33.7 Å². The average Bonchev–Trinajstić information content (AvgIpc) is 3.29. The van der Waals surface area contributed by atoms with E-state index in [-0.39, 0.29) is 55.2 Å². The molecule has 8 N–H and O–H groups in total. The lowest BCUT2D eigenvalue weighted by molar-refractivity contribution is 0.0697. The highest BCUT2D eigenvalue weighted by molar-refractivity contribution is 6.31. The first-order valence-corrected chi connectivity index (χ1v) is 21.7. The van der Waals surface area contributed by atoms with Crippen molar-refractivity contribution in [3.63, 3.8) is 0 Å². The Balaban J connectivity index is 0.000000316. The number of amides is 1. The summed E-state index contributed by atoms with van der Waals surface area (Å²) in [6.07, 6.45) is 8.90. The van der Waals surface area contributed by atoms with Crippen LogP contribution in [0.1, 0.15) is 80.8 Å². The number of halogens is 4. The summed E-state index contributed by atoms with van der Waals surface area (Å²) in [5.41, 5.74) is 11.7. The van der Waals surface area contributed by atoms with Crippen LogP contribution in [0.4, 0.5) is 31.5 Å². The Labute approximate surface area is 406 Å². The molecule has 68 heavy (non-hydrogen) atoms. The van der Waals surface area contributed by atoms with Gasteiger partial charge in [-0.3, -0.25) is 24.7 Å². The van der Waals surface area contributed by atoms with Crippen molar-refractivity contribution in [2.45, 2.75) is 61.1 Å². The van der Waals surface area contributed by atoms with E-state index < -0.39 is 23.6 Å². The Kier molecular flexibility index (Phi) is 21.4. The molecular formula is C51H58Cl2F2N8O5. The van der Waals surface area contributed by atoms with Crippen LogP contribution in [0.3, 0.4) is 0 Å². The number of carboxylic acids is 1. The van der Waals surface area contributed by atoms with Crippen LogP contribution in [-0.4, -0.2) is 72.4 Å². The molecule has 6 aromatic rings. The number of pyridine rings is 4. The quantitative estimate of drug-likeness (QED) is 0.0513. The maximum absolute atomic E-state index is 14.4. The molecule has 0 saturated heterocycles. The van der Waals surface area contributed by atoms with Gasteiger partial charge in [0.05, 0.1) is 47.6 Å². The third-order valence-corrected chi connectivity index (χ3v) is 10.6. The van der Waals surface area contributed by atoms with Gasteiger partial charge in [0, 0.05) is 86.9 Å². The lowest BCUT2D eigenvalue weighted by Gasteiger charge is -2.21. The Morgan fingerprint density at radius 1 is 0.662 bits per heavy atom. The number of nitrogens with zero attached hydrogens (tertiary/aromatic N) is 4. The third-order valence-electron chi connectivity index (χ3n) is 10.2. The van der Waals surface area contributed by atoms with Crippen LogP contribution in [-0.2, 0) is 0 Å². The third kappa shape index (κ3) is 15.2. The maximum Gasteiger partial charge on any atom is 0.339 e. The highest BCUT2D eigenvalue weighted by Gasteiger charge is 2.21. The van der Waals surface area contributed by atoms with Gasteiger partial charge in [0.25, 0.3) is 5.91 Å². The molecule has 0 saturated carbocycles. The molecule has 0 radical (unpaired) electrons. The van der Waals surface area contributed by atoms with Gasteiger partial charge in [0.15, 0.2) is 0 Å². The van der Waals surface area contributed by atoms with Crippen LogP contribution in [0, 0.1) is 23.5 Å². The Hall–Kier alpha value is -6.62. The number of carbonyl (C=O) groups excluding carboxylic acids is 1. The highest BCUT2D eigenvalue weighted by atomic mass is 35.5. The van der Waals surface area contributed by atoms with E-state index in [2.05, 4.69) is 49.0 Å². The number of carbonyl (C=O) groups is 2. The number of aromatic carboxylic acids is 1. The van der Waals surface area contributed by atoms with Crippen molar-refractivity contribution in [1.29, 1.82) is 0 Å². The molecule has 4 aromatic heterocycles. The largest absolute Gasteiger partial charge is 0.478 e. The minimum absolute atomic E-state index is 0. The highest BCUT2D eigenvalue weighted by Crippen LogP contribution is 2.34. The minimum atomic E-state index is -1.11. The molecule has 4 heterocycles. The van der Waals surface area contributed by atoms with Crippen LogP contribution >= 0.6 is 23.2 Å².